The Morgan fingerprint density at radius 2 is 1.84 bits per heavy atom. The molecule has 38 heavy (non-hydrogen) atoms. The van der Waals surface area contributed by atoms with Crippen LogP contribution in [0.25, 0.3) is 22.0 Å². The van der Waals surface area contributed by atoms with Gasteiger partial charge in [-0.05, 0) is 47.5 Å². The molecule has 3 aromatic carbocycles. The molecule has 5 rings (SSSR count). The Bertz CT molecular complexity index is 1450. The zero-order valence-corrected chi connectivity index (χ0v) is 21.5. The highest BCUT2D eigenvalue weighted by Crippen LogP contribution is 2.42. The molecule has 2 N–H and O–H groups in total. The van der Waals surface area contributed by atoms with Crippen LogP contribution in [0, 0.1) is 0 Å². The Hall–Kier alpha value is -4.37. The van der Waals surface area contributed by atoms with Crippen LogP contribution in [-0.2, 0) is 11.2 Å². The van der Waals surface area contributed by atoms with Crippen molar-refractivity contribution in [3.63, 3.8) is 0 Å². The minimum Gasteiger partial charge on any atom is -0.493 e. The maximum absolute atomic E-state index is 12.6. The number of benzene rings is 3. The fraction of sp³-hybridized carbons (Fsp3) is 0.276. The number of methoxy groups -OCH3 is 2. The average Bonchev–Trinajstić information content (AvgIpc) is 2.96. The second-order valence-corrected chi connectivity index (χ2v) is 8.88. The molecule has 0 spiro atoms. The lowest BCUT2D eigenvalue weighted by Gasteiger charge is -2.32. The topological polar surface area (TPSA) is 109 Å². The quantitative estimate of drug-likeness (QED) is 0.359. The van der Waals surface area contributed by atoms with Gasteiger partial charge in [0.1, 0.15) is 12.1 Å². The van der Waals surface area contributed by atoms with Gasteiger partial charge in [0.25, 0.3) is 5.91 Å². The molecule has 0 saturated carbocycles. The van der Waals surface area contributed by atoms with Crippen LogP contribution in [0.1, 0.15) is 15.9 Å². The van der Waals surface area contributed by atoms with Gasteiger partial charge in [0.2, 0.25) is 0 Å². The van der Waals surface area contributed by atoms with Gasteiger partial charge in [-0.15, -0.1) is 0 Å². The van der Waals surface area contributed by atoms with Gasteiger partial charge in [0.15, 0.2) is 11.5 Å². The largest absolute Gasteiger partial charge is 0.493 e. The summed E-state index contributed by atoms with van der Waals surface area (Å²) in [6.07, 6.45) is 3.89. The first-order valence-electron chi connectivity index (χ1n) is 12.4. The molecule has 9 heteroatoms. The van der Waals surface area contributed by atoms with E-state index in [1.165, 1.54) is 6.33 Å². The first-order chi connectivity index (χ1) is 18.6. The first-order valence-corrected chi connectivity index (χ1v) is 12.4. The molecular formula is C29H30N4O5. The van der Waals surface area contributed by atoms with E-state index in [0.717, 1.165) is 46.4 Å². The van der Waals surface area contributed by atoms with Crippen molar-refractivity contribution in [2.45, 2.75) is 6.42 Å². The Kier molecular flexibility index (Phi) is 7.55. The molecule has 1 aliphatic rings. The number of hydrogen-bond donors (Lipinski definition) is 1. The van der Waals surface area contributed by atoms with Crippen molar-refractivity contribution < 1.29 is 23.7 Å². The lowest BCUT2D eigenvalue weighted by molar-refractivity contribution is 0.0996. The van der Waals surface area contributed by atoms with E-state index in [9.17, 15) is 4.79 Å². The number of rotatable bonds is 9. The third-order valence-electron chi connectivity index (χ3n) is 6.63. The van der Waals surface area contributed by atoms with E-state index in [-0.39, 0.29) is 0 Å². The smallest absolute Gasteiger partial charge is 0.252 e. The van der Waals surface area contributed by atoms with Crippen molar-refractivity contribution >= 4 is 22.5 Å². The van der Waals surface area contributed by atoms with Crippen molar-refractivity contribution in [2.75, 3.05) is 52.0 Å². The third kappa shape index (κ3) is 5.19. The number of aromatic nitrogens is 2. The van der Waals surface area contributed by atoms with E-state index in [0.29, 0.717) is 49.1 Å². The van der Waals surface area contributed by atoms with Crippen LogP contribution in [0.2, 0.25) is 0 Å². The predicted molar refractivity (Wildman–Crippen MR) is 145 cm³/mol. The van der Waals surface area contributed by atoms with E-state index in [1.54, 1.807) is 26.5 Å². The number of carbonyl (C=O) groups is 1. The molecule has 0 unspecified atom stereocenters. The normalized spacial score (nSPS) is 13.4. The fourth-order valence-corrected chi connectivity index (χ4v) is 4.71. The van der Waals surface area contributed by atoms with Crippen LogP contribution in [-0.4, -0.2) is 63.0 Å². The predicted octanol–water partition coefficient (Wildman–Crippen LogP) is 3.87. The van der Waals surface area contributed by atoms with E-state index in [1.807, 2.05) is 42.5 Å². The molecule has 4 aromatic rings. The molecule has 1 saturated heterocycles. The zero-order chi connectivity index (χ0) is 26.5. The van der Waals surface area contributed by atoms with Gasteiger partial charge in [-0.3, -0.25) is 4.79 Å². The maximum Gasteiger partial charge on any atom is 0.252 e. The lowest BCUT2D eigenvalue weighted by atomic mass is 9.96. The Morgan fingerprint density at radius 1 is 1.03 bits per heavy atom. The standard InChI is InChI=1S/C29H30N4O5/c1-35-25-8-3-19(15-26(25)36-2)9-12-38-28-22(29(30)34)5-7-24(33-10-13-37-14-11-33)27(28)20-4-6-23-21(16-20)17-31-18-32-23/h3-8,15-18H,9-14H2,1-2H3,(H2,30,34). The average molecular weight is 515 g/mol. The minimum absolute atomic E-state index is 0.325. The first kappa shape index (κ1) is 25.3. The summed E-state index contributed by atoms with van der Waals surface area (Å²) in [5.74, 6) is 1.22. The molecule has 0 aliphatic carbocycles. The van der Waals surface area contributed by atoms with Crippen LogP contribution in [0.3, 0.4) is 0 Å². The van der Waals surface area contributed by atoms with E-state index in [2.05, 4.69) is 14.9 Å². The fourth-order valence-electron chi connectivity index (χ4n) is 4.71. The number of nitrogens with two attached hydrogens (primary N) is 1. The summed E-state index contributed by atoms with van der Waals surface area (Å²) in [5.41, 5.74) is 10.6. The number of anilines is 1. The summed E-state index contributed by atoms with van der Waals surface area (Å²) >= 11 is 0. The van der Waals surface area contributed by atoms with Crippen molar-refractivity contribution in [2.24, 2.45) is 5.73 Å². The molecule has 0 atom stereocenters. The monoisotopic (exact) mass is 514 g/mol. The summed E-state index contributed by atoms with van der Waals surface area (Å²) in [4.78, 5) is 23.3. The number of nitrogens with zero attached hydrogens (tertiary/aromatic N) is 3. The zero-order valence-electron chi connectivity index (χ0n) is 21.5. The van der Waals surface area contributed by atoms with Gasteiger partial charge in [-0.1, -0.05) is 12.1 Å². The highest BCUT2D eigenvalue weighted by atomic mass is 16.5. The third-order valence-corrected chi connectivity index (χ3v) is 6.63. The summed E-state index contributed by atoms with van der Waals surface area (Å²) in [5, 5.41) is 0.888. The van der Waals surface area contributed by atoms with Crippen LogP contribution >= 0.6 is 0 Å². The summed E-state index contributed by atoms with van der Waals surface area (Å²) in [6.45, 7) is 3.03. The molecule has 1 aliphatic heterocycles. The maximum atomic E-state index is 12.6. The lowest BCUT2D eigenvalue weighted by Crippen LogP contribution is -2.36. The van der Waals surface area contributed by atoms with E-state index in [4.69, 9.17) is 24.7 Å². The minimum atomic E-state index is -0.551. The molecule has 1 amide bonds. The molecule has 2 heterocycles. The van der Waals surface area contributed by atoms with E-state index >= 15 is 0 Å². The van der Waals surface area contributed by atoms with Gasteiger partial charge >= 0.3 is 0 Å². The number of primary amides is 1. The van der Waals surface area contributed by atoms with Crippen LogP contribution < -0.4 is 24.8 Å². The van der Waals surface area contributed by atoms with Gasteiger partial charge < -0.3 is 29.6 Å². The second kappa shape index (κ2) is 11.4. The highest BCUT2D eigenvalue weighted by Gasteiger charge is 2.24. The summed E-state index contributed by atoms with van der Waals surface area (Å²) in [6, 6.07) is 15.4. The molecule has 9 nitrogen and oxygen atoms in total. The van der Waals surface area contributed by atoms with Gasteiger partial charge in [0, 0.05) is 42.3 Å². The van der Waals surface area contributed by atoms with Gasteiger partial charge in [-0.2, -0.15) is 0 Å². The highest BCUT2D eigenvalue weighted by molar-refractivity contribution is 6.01. The molecule has 196 valence electrons. The Labute approximate surface area is 221 Å². The number of amides is 1. The number of morpholine rings is 1. The number of hydrogen-bond acceptors (Lipinski definition) is 8. The number of ether oxygens (including phenoxy) is 4. The van der Waals surface area contributed by atoms with Crippen LogP contribution in [0.15, 0.2) is 61.1 Å². The van der Waals surface area contributed by atoms with Crippen molar-refractivity contribution in [1.29, 1.82) is 0 Å². The Balaban J connectivity index is 1.56. The molecule has 1 aromatic heterocycles. The van der Waals surface area contributed by atoms with Crippen molar-refractivity contribution in [3.05, 3.63) is 72.2 Å². The van der Waals surface area contributed by atoms with Crippen LogP contribution in [0.5, 0.6) is 17.2 Å². The second-order valence-electron chi connectivity index (χ2n) is 8.88. The summed E-state index contributed by atoms with van der Waals surface area (Å²) in [7, 11) is 3.21. The van der Waals surface area contributed by atoms with Crippen molar-refractivity contribution in [1.82, 2.24) is 9.97 Å². The Morgan fingerprint density at radius 3 is 2.61 bits per heavy atom. The number of fused-ring (bicyclic) bond motifs is 1. The van der Waals surface area contributed by atoms with E-state index < -0.39 is 5.91 Å². The molecule has 0 radical (unpaired) electrons. The molecular weight excluding hydrogens is 484 g/mol. The van der Waals surface area contributed by atoms with Crippen molar-refractivity contribution in [3.8, 4) is 28.4 Å². The SMILES string of the molecule is COc1ccc(CCOc2c(C(N)=O)ccc(N3CCOCC3)c2-c2ccc3ncncc3c2)cc1OC. The summed E-state index contributed by atoms with van der Waals surface area (Å²) < 4.78 is 22.8. The van der Waals surface area contributed by atoms with Gasteiger partial charge in [0.05, 0.1) is 45.1 Å². The van der Waals surface area contributed by atoms with Gasteiger partial charge in [-0.25, -0.2) is 9.97 Å². The number of carbonyl (C=O) groups excluding carboxylic acids is 1. The molecule has 0 bridgehead atoms. The van der Waals surface area contributed by atoms with Crippen LogP contribution in [0.4, 0.5) is 5.69 Å². The molecule has 1 fully saturated rings.